The average molecular weight is 489 g/mol. The minimum absolute atomic E-state index is 0.00250. The molecular formula is C25H36N4O6. The summed E-state index contributed by atoms with van der Waals surface area (Å²) in [6, 6.07) is 2.66. The minimum Gasteiger partial charge on any atom is -0.508 e. The van der Waals surface area contributed by atoms with Crippen LogP contribution in [0.3, 0.4) is 0 Å². The molecule has 0 radical (unpaired) electrons. The molecule has 1 unspecified atom stereocenters. The van der Waals surface area contributed by atoms with Crippen LogP contribution in [0.15, 0.2) is 46.8 Å². The van der Waals surface area contributed by atoms with Crippen LogP contribution in [-0.4, -0.2) is 85.8 Å². The number of phenols is 2. The van der Waals surface area contributed by atoms with Crippen molar-refractivity contribution >= 4 is 6.29 Å². The summed E-state index contributed by atoms with van der Waals surface area (Å²) < 4.78 is 5.99. The molecule has 1 aromatic rings. The second kappa shape index (κ2) is 12.7. The molecule has 1 aromatic carbocycles. The number of ether oxygens (including phenoxy) is 1. The van der Waals surface area contributed by atoms with Gasteiger partial charge in [0.25, 0.3) is 0 Å². The molecule has 1 heterocycles. The molecule has 1 aliphatic heterocycles. The highest BCUT2D eigenvalue weighted by Gasteiger charge is 2.55. The van der Waals surface area contributed by atoms with Crippen molar-refractivity contribution in [3.8, 4) is 11.5 Å². The van der Waals surface area contributed by atoms with Gasteiger partial charge in [0.05, 0.1) is 25.4 Å². The number of aldehydes is 1. The maximum atomic E-state index is 11.9. The van der Waals surface area contributed by atoms with E-state index in [0.717, 1.165) is 22.5 Å². The molecule has 3 rings (SSSR count). The summed E-state index contributed by atoms with van der Waals surface area (Å²) in [7, 11) is 0. The Morgan fingerprint density at radius 2 is 1.49 bits per heavy atom. The van der Waals surface area contributed by atoms with Crippen molar-refractivity contribution in [1.82, 2.24) is 21.3 Å². The highest BCUT2D eigenvalue weighted by Crippen LogP contribution is 2.54. The number of carbonyl (C=O) groups is 1. The Labute approximate surface area is 205 Å². The molecule has 35 heavy (non-hydrogen) atoms. The molecule has 1 fully saturated rings. The van der Waals surface area contributed by atoms with Gasteiger partial charge in [0.15, 0.2) is 6.29 Å². The third-order valence-corrected chi connectivity index (χ3v) is 6.06. The van der Waals surface area contributed by atoms with Crippen molar-refractivity contribution in [3.05, 3.63) is 58.0 Å². The summed E-state index contributed by atoms with van der Waals surface area (Å²) in [5.41, 5.74) is 2.55. The summed E-state index contributed by atoms with van der Waals surface area (Å²) in [5, 5.41) is 52.2. The zero-order valence-corrected chi connectivity index (χ0v) is 20.1. The largest absolute Gasteiger partial charge is 0.508 e. The van der Waals surface area contributed by atoms with Crippen LogP contribution in [0.4, 0.5) is 0 Å². The van der Waals surface area contributed by atoms with Gasteiger partial charge in [0.1, 0.15) is 17.1 Å². The fraction of sp³-hybridized carbons (Fsp3) is 0.480. The van der Waals surface area contributed by atoms with E-state index in [9.17, 15) is 15.0 Å². The van der Waals surface area contributed by atoms with Crippen molar-refractivity contribution in [2.75, 3.05) is 59.1 Å². The number of allylic oxidation sites excluding steroid dienone is 3. The van der Waals surface area contributed by atoms with E-state index >= 15 is 0 Å². The molecule has 10 nitrogen and oxygen atoms in total. The molecule has 1 saturated heterocycles. The number of hydrogen-bond acceptors (Lipinski definition) is 10. The van der Waals surface area contributed by atoms with Gasteiger partial charge >= 0.3 is 0 Å². The Bertz CT molecular complexity index is 984. The first-order valence-corrected chi connectivity index (χ1v) is 11.9. The number of epoxide rings is 1. The number of hydrogen-bond donors (Lipinski definition) is 8. The van der Waals surface area contributed by atoms with Gasteiger partial charge in [-0.25, -0.2) is 0 Å². The Morgan fingerprint density at radius 3 is 2.06 bits per heavy atom. The number of nitrogens with one attached hydrogen (secondary N) is 4. The smallest absolute Gasteiger partial charge is 0.154 e. The number of aliphatic hydroxyl groups excluding tert-OH is 2. The highest BCUT2D eigenvalue weighted by molar-refractivity contribution is 5.85. The fourth-order valence-corrected chi connectivity index (χ4v) is 4.38. The molecule has 1 aliphatic carbocycles. The van der Waals surface area contributed by atoms with Crippen molar-refractivity contribution < 1.29 is 30.0 Å². The van der Waals surface area contributed by atoms with Gasteiger partial charge in [-0.05, 0) is 31.1 Å². The van der Waals surface area contributed by atoms with Crippen LogP contribution in [-0.2, 0) is 10.3 Å². The number of aliphatic hydroxyl groups is 2. The first-order chi connectivity index (χ1) is 17.0. The lowest BCUT2D eigenvalue weighted by Gasteiger charge is -2.26. The van der Waals surface area contributed by atoms with Crippen LogP contribution in [0.5, 0.6) is 11.5 Å². The lowest BCUT2D eigenvalue weighted by molar-refractivity contribution is 0.111. The Hall–Kier alpha value is -2.89. The molecule has 0 spiro atoms. The van der Waals surface area contributed by atoms with Gasteiger partial charge in [-0.15, -0.1) is 0 Å². The number of carbonyl (C=O) groups excluding carboxylic acids is 1. The number of benzene rings is 1. The van der Waals surface area contributed by atoms with E-state index in [1.165, 1.54) is 12.1 Å². The first kappa shape index (κ1) is 26.7. The zero-order valence-electron chi connectivity index (χ0n) is 20.1. The van der Waals surface area contributed by atoms with Gasteiger partial charge < -0.3 is 46.4 Å². The Balaban J connectivity index is 1.97. The molecule has 2 aliphatic rings. The second-order valence-corrected chi connectivity index (χ2v) is 8.40. The van der Waals surface area contributed by atoms with E-state index in [0.29, 0.717) is 52.0 Å². The normalized spacial score (nSPS) is 19.6. The number of aromatic hydroxyl groups is 2. The van der Waals surface area contributed by atoms with Crippen LogP contribution < -0.4 is 21.3 Å². The lowest BCUT2D eigenvalue weighted by atomic mass is 9.82. The minimum atomic E-state index is -1.10. The molecule has 0 amide bonds. The quantitative estimate of drug-likeness (QED) is 0.0729. The SMILES string of the molecule is CC1=C(C2(c3c(O)ccc(O)c3C=O)CO2)C(NCCNCCO)=CCC=C1NCCNCCO. The lowest BCUT2D eigenvalue weighted by Crippen LogP contribution is -2.32. The van der Waals surface area contributed by atoms with Crippen LogP contribution in [0, 0.1) is 0 Å². The van der Waals surface area contributed by atoms with Gasteiger partial charge in [0.2, 0.25) is 0 Å². The Morgan fingerprint density at radius 1 is 0.914 bits per heavy atom. The second-order valence-electron chi connectivity index (χ2n) is 8.40. The molecule has 0 bridgehead atoms. The van der Waals surface area contributed by atoms with E-state index < -0.39 is 5.60 Å². The van der Waals surface area contributed by atoms with Crippen molar-refractivity contribution in [2.24, 2.45) is 0 Å². The molecule has 8 N–H and O–H groups in total. The van der Waals surface area contributed by atoms with Gasteiger partial charge in [-0.1, -0.05) is 12.2 Å². The molecular weight excluding hydrogens is 452 g/mol. The Kier molecular flexibility index (Phi) is 9.70. The summed E-state index contributed by atoms with van der Waals surface area (Å²) in [4.78, 5) is 11.9. The summed E-state index contributed by atoms with van der Waals surface area (Å²) in [5.74, 6) is -0.340. The molecule has 0 aromatic heterocycles. The van der Waals surface area contributed by atoms with E-state index in [2.05, 4.69) is 27.3 Å². The monoisotopic (exact) mass is 488 g/mol. The maximum absolute atomic E-state index is 11.9. The summed E-state index contributed by atoms with van der Waals surface area (Å²) in [6.45, 7) is 5.86. The van der Waals surface area contributed by atoms with Crippen LogP contribution >= 0.6 is 0 Å². The standard InChI is InChI=1S/C25H36N4O6/c1-17-19(28-9-7-26-11-13-30)3-2-4-20(29-10-8-27-12-14-31)23(17)25(16-35-25)24-18(15-32)21(33)5-6-22(24)34/h3-6,15,26-31,33-34H,2,7-14,16H2,1H3. The predicted molar refractivity (Wildman–Crippen MR) is 132 cm³/mol. The molecule has 10 heteroatoms. The summed E-state index contributed by atoms with van der Waals surface area (Å²) >= 11 is 0. The third-order valence-electron chi connectivity index (χ3n) is 6.06. The summed E-state index contributed by atoms with van der Waals surface area (Å²) in [6.07, 6.45) is 5.28. The highest BCUT2D eigenvalue weighted by atomic mass is 16.6. The molecule has 0 saturated carbocycles. The van der Waals surface area contributed by atoms with Gasteiger partial charge in [0, 0.05) is 61.8 Å². The fourth-order valence-electron chi connectivity index (χ4n) is 4.38. The molecule has 192 valence electrons. The van der Waals surface area contributed by atoms with Crippen LogP contribution in [0.25, 0.3) is 0 Å². The third kappa shape index (κ3) is 6.22. The van der Waals surface area contributed by atoms with Crippen molar-refractivity contribution in [1.29, 1.82) is 0 Å². The van der Waals surface area contributed by atoms with Gasteiger partial charge in [-0.2, -0.15) is 0 Å². The van der Waals surface area contributed by atoms with Crippen molar-refractivity contribution in [2.45, 2.75) is 18.9 Å². The number of phenolic OH excluding ortho intramolecular Hbond substituents is 2. The predicted octanol–water partition coefficient (Wildman–Crippen LogP) is -0.0332. The van der Waals surface area contributed by atoms with Crippen molar-refractivity contribution in [3.63, 3.8) is 0 Å². The van der Waals surface area contributed by atoms with E-state index in [1.807, 2.05) is 13.0 Å². The zero-order chi connectivity index (χ0) is 25.3. The van der Waals surface area contributed by atoms with Gasteiger partial charge in [-0.3, -0.25) is 4.79 Å². The van der Waals surface area contributed by atoms with E-state index in [1.54, 1.807) is 0 Å². The first-order valence-electron chi connectivity index (χ1n) is 11.9. The van der Waals surface area contributed by atoms with E-state index in [-0.39, 0.29) is 42.4 Å². The van der Waals surface area contributed by atoms with Crippen LogP contribution in [0.2, 0.25) is 0 Å². The maximum Gasteiger partial charge on any atom is 0.154 e. The average Bonchev–Trinajstić information content (AvgIpc) is 3.65. The van der Waals surface area contributed by atoms with Crippen LogP contribution in [0.1, 0.15) is 29.3 Å². The molecule has 1 atom stereocenters. The van der Waals surface area contributed by atoms with E-state index in [4.69, 9.17) is 14.9 Å². The number of rotatable bonds is 15. The topological polar surface area (TPSA) is 159 Å².